The van der Waals surface area contributed by atoms with E-state index >= 15 is 0 Å². The standard InChI is InChI=1S/C28H40O3S/c1-19-11-14-26(32(29,30)31)25(15-19)24-10-8-9-21(24)13-12-20-16-22(27(2,3)4)18-23(17-20)28(5,6)7/h11,14-18,21,24H,8-10,12-13H2,1-7H3,(H,29,30,31). The molecule has 2 aromatic carbocycles. The van der Waals surface area contributed by atoms with Crippen molar-refractivity contribution in [1.82, 2.24) is 0 Å². The molecule has 1 aliphatic rings. The predicted molar refractivity (Wildman–Crippen MR) is 133 cm³/mol. The molecule has 0 radical (unpaired) electrons. The third kappa shape index (κ3) is 5.82. The zero-order chi connectivity index (χ0) is 23.9. The summed E-state index contributed by atoms with van der Waals surface area (Å²) in [7, 11) is -4.22. The fourth-order valence-electron chi connectivity index (χ4n) is 5.04. The van der Waals surface area contributed by atoms with Gasteiger partial charge in [-0.2, -0.15) is 8.42 Å². The van der Waals surface area contributed by atoms with Crippen molar-refractivity contribution < 1.29 is 13.0 Å². The SMILES string of the molecule is Cc1ccc(S(=O)(=O)O)c(C2CCCC2CCc2cc(C(C)(C)C)cc(C(C)(C)C)c2)c1. The smallest absolute Gasteiger partial charge is 0.282 e. The lowest BCUT2D eigenvalue weighted by Crippen LogP contribution is -2.17. The highest BCUT2D eigenvalue weighted by Crippen LogP contribution is 2.44. The molecule has 0 heterocycles. The van der Waals surface area contributed by atoms with E-state index in [4.69, 9.17) is 0 Å². The van der Waals surface area contributed by atoms with Gasteiger partial charge in [0.25, 0.3) is 10.1 Å². The Morgan fingerprint density at radius 3 is 2.03 bits per heavy atom. The number of hydrogen-bond acceptors (Lipinski definition) is 2. The van der Waals surface area contributed by atoms with Crippen molar-refractivity contribution in [3.8, 4) is 0 Å². The van der Waals surface area contributed by atoms with Gasteiger partial charge in [0.05, 0.1) is 4.90 Å². The summed E-state index contributed by atoms with van der Waals surface area (Å²) in [5, 5.41) is 0. The van der Waals surface area contributed by atoms with Gasteiger partial charge in [-0.25, -0.2) is 0 Å². The summed E-state index contributed by atoms with van der Waals surface area (Å²) in [6.45, 7) is 15.6. The molecule has 2 aromatic rings. The van der Waals surface area contributed by atoms with Crippen LogP contribution in [-0.2, 0) is 27.4 Å². The summed E-state index contributed by atoms with van der Waals surface area (Å²) in [5.74, 6) is 0.605. The van der Waals surface area contributed by atoms with Gasteiger partial charge in [-0.1, -0.05) is 83.9 Å². The van der Waals surface area contributed by atoms with E-state index in [1.807, 2.05) is 13.0 Å². The Kier molecular flexibility index (Phi) is 6.98. The third-order valence-corrected chi connectivity index (χ3v) is 7.96. The van der Waals surface area contributed by atoms with E-state index in [9.17, 15) is 13.0 Å². The van der Waals surface area contributed by atoms with Gasteiger partial charge < -0.3 is 0 Å². The molecule has 1 aliphatic carbocycles. The van der Waals surface area contributed by atoms with Gasteiger partial charge in [0.2, 0.25) is 0 Å². The molecule has 3 nitrogen and oxygen atoms in total. The second-order valence-corrected chi connectivity index (χ2v) is 13.2. The maximum absolute atomic E-state index is 12.0. The molecule has 2 atom stereocenters. The van der Waals surface area contributed by atoms with Crippen molar-refractivity contribution in [3.05, 3.63) is 64.2 Å². The van der Waals surface area contributed by atoms with Crippen LogP contribution in [0.1, 0.15) is 101 Å². The molecule has 0 bridgehead atoms. The lowest BCUT2D eigenvalue weighted by atomic mass is 9.78. The Morgan fingerprint density at radius 1 is 0.906 bits per heavy atom. The van der Waals surface area contributed by atoms with Crippen LogP contribution in [0.25, 0.3) is 0 Å². The van der Waals surface area contributed by atoms with Gasteiger partial charge in [-0.05, 0) is 83.6 Å². The first-order chi connectivity index (χ1) is 14.7. The summed E-state index contributed by atoms with van der Waals surface area (Å²) in [6.07, 6.45) is 5.20. The highest BCUT2D eigenvalue weighted by Gasteiger charge is 2.32. The van der Waals surface area contributed by atoms with Crippen molar-refractivity contribution in [2.75, 3.05) is 0 Å². The molecule has 4 heteroatoms. The topological polar surface area (TPSA) is 54.4 Å². The second-order valence-electron chi connectivity index (χ2n) is 11.8. The van der Waals surface area contributed by atoms with Crippen LogP contribution >= 0.6 is 0 Å². The Hall–Kier alpha value is -1.65. The quantitative estimate of drug-likeness (QED) is 0.478. The molecule has 0 aromatic heterocycles. The molecule has 1 fully saturated rings. The number of rotatable bonds is 5. The maximum Gasteiger partial charge on any atom is 0.294 e. The van der Waals surface area contributed by atoms with Crippen LogP contribution in [0.15, 0.2) is 41.3 Å². The average molecular weight is 457 g/mol. The first-order valence-electron chi connectivity index (χ1n) is 11.9. The molecule has 0 spiro atoms. The van der Waals surface area contributed by atoms with Crippen LogP contribution in [0.4, 0.5) is 0 Å². The Balaban J connectivity index is 1.89. The zero-order valence-corrected chi connectivity index (χ0v) is 21.6. The normalized spacial score (nSPS) is 20.0. The van der Waals surface area contributed by atoms with Gasteiger partial charge >= 0.3 is 0 Å². The van der Waals surface area contributed by atoms with Gasteiger partial charge in [0.15, 0.2) is 0 Å². The number of benzene rings is 2. The molecular weight excluding hydrogens is 416 g/mol. The summed E-state index contributed by atoms with van der Waals surface area (Å²) < 4.78 is 33.9. The molecule has 1 saturated carbocycles. The molecule has 0 amide bonds. The Bertz CT molecular complexity index is 1040. The van der Waals surface area contributed by atoms with E-state index in [-0.39, 0.29) is 21.6 Å². The van der Waals surface area contributed by atoms with Gasteiger partial charge in [0.1, 0.15) is 0 Å². The minimum absolute atomic E-state index is 0.0877. The minimum atomic E-state index is -4.22. The van der Waals surface area contributed by atoms with Gasteiger partial charge in [0, 0.05) is 0 Å². The summed E-state index contributed by atoms with van der Waals surface area (Å²) in [6, 6.07) is 12.4. The molecular formula is C28H40O3S. The molecule has 3 rings (SSSR count). The molecule has 176 valence electrons. The van der Waals surface area contributed by atoms with Gasteiger partial charge in [-0.15, -0.1) is 0 Å². The average Bonchev–Trinajstić information content (AvgIpc) is 3.12. The maximum atomic E-state index is 12.0. The van der Waals surface area contributed by atoms with Crippen LogP contribution in [0, 0.1) is 12.8 Å². The summed E-state index contributed by atoms with van der Waals surface area (Å²) >= 11 is 0. The lowest BCUT2D eigenvalue weighted by Gasteiger charge is -2.27. The van der Waals surface area contributed by atoms with Crippen LogP contribution in [-0.4, -0.2) is 13.0 Å². The largest absolute Gasteiger partial charge is 0.294 e. The predicted octanol–water partition coefficient (Wildman–Crippen LogP) is 7.35. The molecule has 0 saturated heterocycles. The number of aryl methyl sites for hydroxylation is 2. The van der Waals surface area contributed by atoms with E-state index in [0.717, 1.165) is 43.2 Å². The third-order valence-electron chi connectivity index (χ3n) is 7.03. The van der Waals surface area contributed by atoms with E-state index in [2.05, 4.69) is 59.7 Å². The Labute approximate surface area is 195 Å². The molecule has 2 unspecified atom stereocenters. The van der Waals surface area contributed by atoms with Crippen molar-refractivity contribution in [2.24, 2.45) is 5.92 Å². The molecule has 0 aliphatic heterocycles. The van der Waals surface area contributed by atoms with Crippen molar-refractivity contribution in [2.45, 2.75) is 102 Å². The van der Waals surface area contributed by atoms with E-state index in [1.54, 1.807) is 12.1 Å². The van der Waals surface area contributed by atoms with Crippen LogP contribution in [0.3, 0.4) is 0 Å². The molecule has 1 N–H and O–H groups in total. The van der Waals surface area contributed by atoms with E-state index < -0.39 is 10.1 Å². The van der Waals surface area contributed by atoms with E-state index in [1.165, 1.54) is 16.7 Å². The van der Waals surface area contributed by atoms with E-state index in [0.29, 0.717) is 5.92 Å². The van der Waals surface area contributed by atoms with Crippen LogP contribution in [0.5, 0.6) is 0 Å². The van der Waals surface area contributed by atoms with Gasteiger partial charge in [-0.3, -0.25) is 4.55 Å². The van der Waals surface area contributed by atoms with Crippen molar-refractivity contribution in [1.29, 1.82) is 0 Å². The zero-order valence-electron chi connectivity index (χ0n) is 20.8. The molecule has 32 heavy (non-hydrogen) atoms. The summed E-state index contributed by atoms with van der Waals surface area (Å²) in [5.41, 5.74) is 6.13. The first-order valence-corrected chi connectivity index (χ1v) is 13.3. The summed E-state index contributed by atoms with van der Waals surface area (Å²) in [4.78, 5) is 0.0877. The van der Waals surface area contributed by atoms with Crippen molar-refractivity contribution in [3.63, 3.8) is 0 Å². The van der Waals surface area contributed by atoms with Crippen molar-refractivity contribution >= 4 is 10.1 Å². The number of hydrogen-bond donors (Lipinski definition) is 1. The fourth-order valence-corrected chi connectivity index (χ4v) is 5.79. The first kappa shape index (κ1) is 25.0. The van der Waals surface area contributed by atoms with Crippen LogP contribution < -0.4 is 0 Å². The fraction of sp³-hybridized carbons (Fsp3) is 0.571. The lowest BCUT2D eigenvalue weighted by molar-refractivity contribution is 0.439. The monoisotopic (exact) mass is 456 g/mol. The highest BCUT2D eigenvalue weighted by atomic mass is 32.2. The minimum Gasteiger partial charge on any atom is -0.282 e. The Morgan fingerprint density at radius 2 is 1.50 bits per heavy atom. The highest BCUT2D eigenvalue weighted by molar-refractivity contribution is 7.85. The second kappa shape index (κ2) is 8.95. The van der Waals surface area contributed by atoms with Crippen LogP contribution in [0.2, 0.25) is 0 Å².